The van der Waals surface area contributed by atoms with Crippen molar-refractivity contribution in [2.45, 2.75) is 44.1 Å². The Morgan fingerprint density at radius 2 is 1.74 bits per heavy atom. The lowest BCUT2D eigenvalue weighted by Gasteiger charge is -2.41. The predicted octanol–water partition coefficient (Wildman–Crippen LogP) is 5.83. The molecule has 224 valence electrons. The van der Waals surface area contributed by atoms with E-state index < -0.39 is 48.2 Å². The maximum Gasteiger partial charge on any atom is 0.416 e. The number of ether oxygens (including phenoxy) is 2. The van der Waals surface area contributed by atoms with Gasteiger partial charge in [0.25, 0.3) is 17.7 Å². The van der Waals surface area contributed by atoms with Gasteiger partial charge >= 0.3 is 12.4 Å². The van der Waals surface area contributed by atoms with Crippen molar-refractivity contribution in [2.24, 2.45) is 0 Å². The number of benzene rings is 2. The van der Waals surface area contributed by atoms with Crippen LogP contribution < -0.4 is 20.1 Å². The summed E-state index contributed by atoms with van der Waals surface area (Å²) in [7, 11) is 1.29. The van der Waals surface area contributed by atoms with Crippen molar-refractivity contribution in [1.82, 2.24) is 15.8 Å². The monoisotopic (exact) mass is 597 g/mol. The highest BCUT2D eigenvalue weighted by atomic mass is 19.4. The molecule has 14 heteroatoms. The van der Waals surface area contributed by atoms with Crippen molar-refractivity contribution in [1.29, 1.82) is 0 Å². The molecular formula is C28H25F6N3O5. The zero-order valence-corrected chi connectivity index (χ0v) is 22.3. The second-order valence-electron chi connectivity index (χ2n) is 9.53. The summed E-state index contributed by atoms with van der Waals surface area (Å²) in [5.41, 5.74) is -2.69. The highest BCUT2D eigenvalue weighted by Crippen LogP contribution is 2.48. The molecule has 0 saturated carbocycles. The molecular weight excluding hydrogens is 572 g/mol. The first-order chi connectivity index (χ1) is 19.7. The van der Waals surface area contributed by atoms with E-state index in [9.17, 15) is 35.9 Å². The number of aryl methyl sites for hydroxylation is 1. The standard InChI is InChI=1S/C28H25F6N3O5/c1-16-4-6-17(7-5-16)20-15-26(28(32,33)34,18-8-10-19(11-9-18)41-13-3-12-27(29,30)31)36-25(39)23(20)35-24(38)21-14-22(40-2)37-42-21/h4-11,14H,3,12-13,15H2,1-2H3,(H,35,38)(H,36,39). The number of methoxy groups -OCH3 is 1. The average molecular weight is 598 g/mol. The van der Waals surface area contributed by atoms with Gasteiger partial charge in [0.1, 0.15) is 11.4 Å². The van der Waals surface area contributed by atoms with Crippen LogP contribution in [0.15, 0.2) is 64.8 Å². The Bertz CT molecular complexity index is 1460. The highest BCUT2D eigenvalue weighted by Gasteiger charge is 2.59. The van der Waals surface area contributed by atoms with Crippen molar-refractivity contribution in [3.8, 4) is 11.6 Å². The minimum Gasteiger partial charge on any atom is -0.494 e. The Hall–Kier alpha value is -4.49. The number of carbonyl (C=O) groups is 2. The molecule has 1 aliphatic heterocycles. The molecule has 0 fully saturated rings. The summed E-state index contributed by atoms with van der Waals surface area (Å²) in [5, 5.41) is 7.89. The van der Waals surface area contributed by atoms with Gasteiger partial charge in [0, 0.05) is 12.8 Å². The number of amides is 2. The normalized spacial score (nSPS) is 17.6. The Kier molecular flexibility index (Phi) is 8.55. The Morgan fingerprint density at radius 1 is 1.07 bits per heavy atom. The summed E-state index contributed by atoms with van der Waals surface area (Å²) in [6.45, 7) is 1.49. The molecule has 8 nitrogen and oxygen atoms in total. The number of halogens is 6. The molecule has 1 aliphatic rings. The lowest BCUT2D eigenvalue weighted by Crippen LogP contribution is -2.60. The molecule has 2 aromatic carbocycles. The van der Waals surface area contributed by atoms with Gasteiger partial charge in [0.2, 0.25) is 5.76 Å². The zero-order chi connectivity index (χ0) is 30.7. The quantitative estimate of drug-likeness (QED) is 0.238. The smallest absolute Gasteiger partial charge is 0.416 e. The maximum absolute atomic E-state index is 14.9. The Morgan fingerprint density at radius 3 is 2.31 bits per heavy atom. The molecule has 0 bridgehead atoms. The van der Waals surface area contributed by atoms with Gasteiger partial charge in [-0.3, -0.25) is 9.59 Å². The summed E-state index contributed by atoms with van der Waals surface area (Å²) in [6.07, 6.45) is -11.6. The maximum atomic E-state index is 14.9. The van der Waals surface area contributed by atoms with Gasteiger partial charge < -0.3 is 24.6 Å². The van der Waals surface area contributed by atoms with E-state index in [2.05, 4.69) is 10.5 Å². The molecule has 2 amide bonds. The van der Waals surface area contributed by atoms with Crippen LogP contribution in [0.3, 0.4) is 0 Å². The number of carbonyl (C=O) groups excluding carboxylic acids is 2. The number of nitrogens with zero attached hydrogens (tertiary/aromatic N) is 1. The van der Waals surface area contributed by atoms with E-state index in [1.165, 1.54) is 31.4 Å². The number of nitrogens with one attached hydrogen (secondary N) is 2. The van der Waals surface area contributed by atoms with Crippen LogP contribution in [0.25, 0.3) is 5.57 Å². The van der Waals surface area contributed by atoms with Crippen molar-refractivity contribution < 1.29 is 49.9 Å². The lowest BCUT2D eigenvalue weighted by molar-refractivity contribution is -0.201. The fourth-order valence-electron chi connectivity index (χ4n) is 4.37. The fourth-order valence-corrected chi connectivity index (χ4v) is 4.37. The third kappa shape index (κ3) is 6.69. The van der Waals surface area contributed by atoms with E-state index in [-0.39, 0.29) is 47.1 Å². The minimum absolute atomic E-state index is 0.0233. The highest BCUT2D eigenvalue weighted by molar-refractivity contribution is 6.08. The Labute approximate surface area is 235 Å². The third-order valence-electron chi connectivity index (χ3n) is 6.56. The van der Waals surface area contributed by atoms with Crippen molar-refractivity contribution >= 4 is 17.4 Å². The molecule has 0 saturated heterocycles. The third-order valence-corrected chi connectivity index (χ3v) is 6.56. The fraction of sp³-hybridized carbons (Fsp3) is 0.321. The van der Waals surface area contributed by atoms with E-state index in [0.717, 1.165) is 23.8 Å². The van der Waals surface area contributed by atoms with E-state index in [1.807, 2.05) is 5.32 Å². The van der Waals surface area contributed by atoms with Gasteiger partial charge in [-0.1, -0.05) is 42.0 Å². The van der Waals surface area contributed by atoms with Crippen LogP contribution in [0.1, 0.15) is 46.5 Å². The predicted molar refractivity (Wildman–Crippen MR) is 136 cm³/mol. The second kappa shape index (κ2) is 11.8. The number of rotatable bonds is 9. The van der Waals surface area contributed by atoms with Crippen LogP contribution in [0.2, 0.25) is 0 Å². The van der Waals surface area contributed by atoms with Crippen LogP contribution in [0, 0.1) is 6.92 Å². The topological polar surface area (TPSA) is 103 Å². The number of alkyl halides is 6. The van der Waals surface area contributed by atoms with Crippen molar-refractivity contribution in [3.05, 3.63) is 82.7 Å². The largest absolute Gasteiger partial charge is 0.494 e. The van der Waals surface area contributed by atoms with Crippen molar-refractivity contribution in [2.75, 3.05) is 13.7 Å². The first-order valence-electron chi connectivity index (χ1n) is 12.5. The van der Waals surface area contributed by atoms with Gasteiger partial charge in [0.15, 0.2) is 5.54 Å². The Balaban J connectivity index is 1.70. The number of aromatic nitrogens is 1. The SMILES string of the molecule is COc1cc(C(=O)NC2=C(c3ccc(C)cc3)CC(c3ccc(OCCCC(F)(F)F)cc3)(C(F)(F)F)NC2=O)on1. The van der Waals surface area contributed by atoms with Crippen LogP contribution in [-0.4, -0.2) is 43.0 Å². The molecule has 42 heavy (non-hydrogen) atoms. The molecule has 2 heterocycles. The van der Waals surface area contributed by atoms with E-state index in [0.29, 0.717) is 0 Å². The molecule has 1 aromatic heterocycles. The molecule has 2 N–H and O–H groups in total. The number of hydrogen-bond donors (Lipinski definition) is 2. The second-order valence-corrected chi connectivity index (χ2v) is 9.53. The lowest BCUT2D eigenvalue weighted by atomic mass is 9.77. The summed E-state index contributed by atoms with van der Waals surface area (Å²) < 4.78 is 96.7. The van der Waals surface area contributed by atoms with Crippen LogP contribution in [0.5, 0.6) is 11.6 Å². The van der Waals surface area contributed by atoms with Gasteiger partial charge in [-0.2, -0.15) is 26.3 Å². The summed E-state index contributed by atoms with van der Waals surface area (Å²) in [6, 6.07) is 12.1. The molecule has 1 atom stereocenters. The van der Waals surface area contributed by atoms with Gasteiger partial charge in [-0.15, -0.1) is 0 Å². The number of hydrogen-bond acceptors (Lipinski definition) is 6. The van der Waals surface area contributed by atoms with E-state index >= 15 is 0 Å². The van der Waals surface area contributed by atoms with E-state index in [4.69, 9.17) is 14.0 Å². The molecule has 3 aromatic rings. The van der Waals surface area contributed by atoms with Gasteiger partial charge in [-0.25, -0.2) is 0 Å². The first-order valence-corrected chi connectivity index (χ1v) is 12.5. The zero-order valence-electron chi connectivity index (χ0n) is 22.3. The van der Waals surface area contributed by atoms with Gasteiger partial charge in [0.05, 0.1) is 19.8 Å². The summed E-state index contributed by atoms with van der Waals surface area (Å²) in [5.74, 6) is -2.45. The van der Waals surface area contributed by atoms with Crippen LogP contribution in [-0.2, 0) is 10.3 Å². The molecule has 4 rings (SSSR count). The van der Waals surface area contributed by atoms with Crippen molar-refractivity contribution in [3.63, 3.8) is 0 Å². The molecule has 1 unspecified atom stereocenters. The van der Waals surface area contributed by atoms with E-state index in [1.54, 1.807) is 19.1 Å². The van der Waals surface area contributed by atoms with Crippen LogP contribution >= 0.6 is 0 Å². The van der Waals surface area contributed by atoms with Crippen LogP contribution in [0.4, 0.5) is 26.3 Å². The molecule has 0 aliphatic carbocycles. The first kappa shape index (κ1) is 30.5. The van der Waals surface area contributed by atoms with Gasteiger partial charge in [-0.05, 0) is 47.3 Å². The summed E-state index contributed by atoms with van der Waals surface area (Å²) in [4.78, 5) is 26.2. The molecule has 0 spiro atoms. The average Bonchev–Trinajstić information content (AvgIpc) is 3.41. The summed E-state index contributed by atoms with van der Waals surface area (Å²) >= 11 is 0. The minimum atomic E-state index is -5.01. The molecule has 0 radical (unpaired) electrons.